The molecule has 0 aromatic heterocycles. The van der Waals surface area contributed by atoms with E-state index in [4.69, 9.17) is 0 Å². The van der Waals surface area contributed by atoms with Crippen LogP contribution in [-0.2, 0) is 20.2 Å². The molecule has 2 N–H and O–H groups in total. The van der Waals surface area contributed by atoms with Crippen molar-refractivity contribution in [1.82, 2.24) is 4.72 Å². The maximum absolute atomic E-state index is 12.3. The Morgan fingerprint density at radius 2 is 1.62 bits per heavy atom. The molecule has 0 radical (unpaired) electrons. The highest BCUT2D eigenvalue weighted by Crippen LogP contribution is 2.23. The Balaban J connectivity index is 1.92. The number of amides is 1. The molecule has 0 saturated carbocycles. The van der Waals surface area contributed by atoms with E-state index in [1.165, 1.54) is 0 Å². The van der Waals surface area contributed by atoms with Gasteiger partial charge in [0.1, 0.15) is 0 Å². The first-order valence-electron chi connectivity index (χ1n) is 8.55. The summed E-state index contributed by atoms with van der Waals surface area (Å²) < 4.78 is 27.2. The highest BCUT2D eigenvalue weighted by molar-refractivity contribution is 7.89. The van der Waals surface area contributed by atoms with E-state index in [1.54, 1.807) is 12.1 Å². The van der Waals surface area contributed by atoms with E-state index in [-0.39, 0.29) is 29.2 Å². The van der Waals surface area contributed by atoms with Crippen LogP contribution in [0.4, 0.5) is 5.69 Å². The fourth-order valence-electron chi connectivity index (χ4n) is 2.44. The van der Waals surface area contributed by atoms with Crippen molar-refractivity contribution in [2.75, 3.05) is 11.9 Å². The quantitative estimate of drug-likeness (QED) is 0.811. The summed E-state index contributed by atoms with van der Waals surface area (Å²) in [6, 6.07) is 14.3. The Labute approximate surface area is 155 Å². The van der Waals surface area contributed by atoms with Gasteiger partial charge in [-0.2, -0.15) is 0 Å². The lowest BCUT2D eigenvalue weighted by molar-refractivity contribution is -0.116. The summed E-state index contributed by atoms with van der Waals surface area (Å²) in [6.45, 7) is 8.16. The molecule has 5 nitrogen and oxygen atoms in total. The van der Waals surface area contributed by atoms with Crippen molar-refractivity contribution in [1.29, 1.82) is 0 Å². The predicted molar refractivity (Wildman–Crippen MR) is 105 cm³/mol. The highest BCUT2D eigenvalue weighted by atomic mass is 32.2. The molecule has 2 aromatic carbocycles. The molecule has 0 atom stereocenters. The molecular weight excluding hydrogens is 348 g/mol. The summed E-state index contributed by atoms with van der Waals surface area (Å²) in [4.78, 5) is 12.2. The Hall–Kier alpha value is -2.18. The molecule has 0 spiro atoms. The number of benzene rings is 2. The number of hydrogen-bond donors (Lipinski definition) is 2. The first-order chi connectivity index (χ1) is 12.1. The predicted octanol–water partition coefficient (Wildman–Crippen LogP) is 3.60. The zero-order valence-corrected chi connectivity index (χ0v) is 16.5. The molecule has 0 aliphatic rings. The van der Waals surface area contributed by atoms with Crippen LogP contribution in [-0.4, -0.2) is 20.9 Å². The van der Waals surface area contributed by atoms with Gasteiger partial charge in [-0.05, 0) is 41.7 Å². The third kappa shape index (κ3) is 5.41. The van der Waals surface area contributed by atoms with Gasteiger partial charge in [0, 0.05) is 18.7 Å². The van der Waals surface area contributed by atoms with Crippen LogP contribution >= 0.6 is 0 Å². The van der Waals surface area contributed by atoms with Crippen LogP contribution in [0.1, 0.15) is 38.3 Å². The Bertz CT molecular complexity index is 867. The second kappa shape index (κ2) is 8.01. The molecule has 0 heterocycles. The Kier molecular flexibility index (Phi) is 6.21. The fourth-order valence-corrected chi connectivity index (χ4v) is 3.47. The van der Waals surface area contributed by atoms with Gasteiger partial charge >= 0.3 is 0 Å². The van der Waals surface area contributed by atoms with E-state index in [2.05, 4.69) is 30.8 Å². The summed E-state index contributed by atoms with van der Waals surface area (Å²) in [5.74, 6) is -0.231. The van der Waals surface area contributed by atoms with E-state index in [9.17, 15) is 13.2 Å². The first kappa shape index (κ1) is 20.1. The van der Waals surface area contributed by atoms with E-state index < -0.39 is 10.0 Å². The number of rotatable bonds is 6. The van der Waals surface area contributed by atoms with Gasteiger partial charge < -0.3 is 5.32 Å². The lowest BCUT2D eigenvalue weighted by Gasteiger charge is -2.19. The van der Waals surface area contributed by atoms with Crippen molar-refractivity contribution in [3.8, 4) is 0 Å². The maximum atomic E-state index is 12.3. The van der Waals surface area contributed by atoms with Gasteiger partial charge in [-0.3, -0.25) is 4.79 Å². The number of hydrogen-bond acceptors (Lipinski definition) is 3. The molecule has 0 aliphatic carbocycles. The second-order valence-corrected chi connectivity index (χ2v) is 9.05. The van der Waals surface area contributed by atoms with Gasteiger partial charge in [0.05, 0.1) is 4.90 Å². The average molecular weight is 375 g/mol. The normalized spacial score (nSPS) is 12.0. The summed E-state index contributed by atoms with van der Waals surface area (Å²) in [6.07, 6.45) is 0.0631. The zero-order valence-electron chi connectivity index (χ0n) is 15.7. The van der Waals surface area contributed by atoms with Gasteiger partial charge in [-0.15, -0.1) is 0 Å². The minimum Gasteiger partial charge on any atom is -0.326 e. The fraction of sp³-hybridized carbons (Fsp3) is 0.350. The number of carbonyl (C=O) groups excluding carboxylic acids is 1. The number of carbonyl (C=O) groups is 1. The van der Waals surface area contributed by atoms with Crippen LogP contribution in [0.25, 0.3) is 0 Å². The summed E-state index contributed by atoms with van der Waals surface area (Å²) in [5.41, 5.74) is 2.72. The van der Waals surface area contributed by atoms with Crippen LogP contribution in [0.15, 0.2) is 53.4 Å². The lowest BCUT2D eigenvalue weighted by atomic mass is 9.87. The van der Waals surface area contributed by atoms with Gasteiger partial charge in [0.2, 0.25) is 15.9 Å². The number of para-hydroxylation sites is 1. The smallest absolute Gasteiger partial charge is 0.240 e. The molecule has 26 heavy (non-hydrogen) atoms. The molecule has 140 valence electrons. The van der Waals surface area contributed by atoms with Gasteiger partial charge in [-0.1, -0.05) is 51.1 Å². The number of nitrogens with one attached hydrogen (secondary N) is 2. The van der Waals surface area contributed by atoms with Crippen molar-refractivity contribution in [3.05, 3.63) is 59.7 Å². The third-order valence-corrected chi connectivity index (χ3v) is 5.57. The van der Waals surface area contributed by atoms with Crippen molar-refractivity contribution in [2.24, 2.45) is 0 Å². The van der Waals surface area contributed by atoms with Crippen molar-refractivity contribution in [2.45, 2.75) is 44.4 Å². The molecule has 1 amide bonds. The standard InChI is InChI=1S/C20H26N2O3S/c1-15-7-5-6-8-18(15)22-19(23)13-14-21-26(24,25)17-11-9-16(10-12-17)20(2,3)4/h5-12,21H,13-14H2,1-4H3,(H,22,23). The maximum Gasteiger partial charge on any atom is 0.240 e. The first-order valence-corrected chi connectivity index (χ1v) is 10.0. The molecular formula is C20H26N2O3S. The zero-order chi connectivity index (χ0) is 19.4. The minimum atomic E-state index is -3.63. The second-order valence-electron chi connectivity index (χ2n) is 7.29. The molecule has 0 saturated heterocycles. The number of anilines is 1. The molecule has 0 aliphatic heterocycles. The van der Waals surface area contributed by atoms with Crippen molar-refractivity contribution in [3.63, 3.8) is 0 Å². The molecule has 2 rings (SSSR count). The van der Waals surface area contributed by atoms with E-state index >= 15 is 0 Å². The lowest BCUT2D eigenvalue weighted by Crippen LogP contribution is -2.28. The topological polar surface area (TPSA) is 75.3 Å². The molecule has 0 unspecified atom stereocenters. The van der Waals surface area contributed by atoms with E-state index in [1.807, 2.05) is 43.3 Å². The molecule has 0 bridgehead atoms. The van der Waals surface area contributed by atoms with Crippen LogP contribution in [0, 0.1) is 6.92 Å². The van der Waals surface area contributed by atoms with Gasteiger partial charge in [0.25, 0.3) is 0 Å². The third-order valence-electron chi connectivity index (χ3n) is 4.09. The highest BCUT2D eigenvalue weighted by Gasteiger charge is 2.17. The SMILES string of the molecule is Cc1ccccc1NC(=O)CCNS(=O)(=O)c1ccc(C(C)(C)C)cc1. The van der Waals surface area contributed by atoms with Crippen LogP contribution in [0.5, 0.6) is 0 Å². The van der Waals surface area contributed by atoms with Crippen molar-refractivity contribution >= 4 is 21.6 Å². The van der Waals surface area contributed by atoms with E-state index in [0.29, 0.717) is 0 Å². The average Bonchev–Trinajstić information content (AvgIpc) is 2.56. The van der Waals surface area contributed by atoms with Crippen LogP contribution in [0.3, 0.4) is 0 Å². The largest absolute Gasteiger partial charge is 0.326 e. The Morgan fingerprint density at radius 3 is 2.19 bits per heavy atom. The summed E-state index contributed by atoms with van der Waals surface area (Å²) in [7, 11) is -3.63. The molecule has 6 heteroatoms. The van der Waals surface area contributed by atoms with E-state index in [0.717, 1.165) is 16.8 Å². The van der Waals surface area contributed by atoms with Crippen LogP contribution < -0.4 is 10.0 Å². The number of sulfonamides is 1. The minimum absolute atomic E-state index is 0.0383. The molecule has 2 aromatic rings. The monoisotopic (exact) mass is 374 g/mol. The Morgan fingerprint density at radius 1 is 1.00 bits per heavy atom. The molecule has 0 fully saturated rings. The number of aryl methyl sites for hydroxylation is 1. The van der Waals surface area contributed by atoms with Crippen LogP contribution in [0.2, 0.25) is 0 Å². The summed E-state index contributed by atoms with van der Waals surface area (Å²) >= 11 is 0. The van der Waals surface area contributed by atoms with Gasteiger partial charge in [0.15, 0.2) is 0 Å². The summed E-state index contributed by atoms with van der Waals surface area (Å²) in [5, 5.41) is 2.79. The van der Waals surface area contributed by atoms with Crippen molar-refractivity contribution < 1.29 is 13.2 Å². The van der Waals surface area contributed by atoms with Gasteiger partial charge in [-0.25, -0.2) is 13.1 Å².